The van der Waals surface area contributed by atoms with Crippen molar-refractivity contribution < 1.29 is 9.90 Å². The minimum atomic E-state index is -0.234. The van der Waals surface area contributed by atoms with Gasteiger partial charge < -0.3 is 5.11 Å². The molecule has 0 aliphatic heterocycles. The van der Waals surface area contributed by atoms with Gasteiger partial charge in [0.15, 0.2) is 0 Å². The molecule has 0 aromatic carbocycles. The summed E-state index contributed by atoms with van der Waals surface area (Å²) in [7, 11) is 0. The Kier molecular flexibility index (Phi) is 3.91. The van der Waals surface area contributed by atoms with Crippen molar-refractivity contribution in [2.24, 2.45) is 11.8 Å². The summed E-state index contributed by atoms with van der Waals surface area (Å²) >= 11 is 0. The maximum atomic E-state index is 11.3. The molecule has 1 saturated carbocycles. The summed E-state index contributed by atoms with van der Waals surface area (Å²) in [5.74, 6) is 0.569. The standard InChI is InChI=1S/C11H20O2/c1-3-9(8(2)12)10-6-4-5-7-11(10)13/h9-11,13H,3-7H2,1-2H3. The average molecular weight is 184 g/mol. The van der Waals surface area contributed by atoms with Crippen LogP contribution in [0.4, 0.5) is 0 Å². The summed E-state index contributed by atoms with van der Waals surface area (Å²) in [6.45, 7) is 3.68. The third kappa shape index (κ3) is 2.53. The number of ketones is 1. The molecule has 3 unspecified atom stereocenters. The second-order valence-corrected chi connectivity index (χ2v) is 4.14. The number of aliphatic hydroxyl groups excluding tert-OH is 1. The van der Waals surface area contributed by atoms with Crippen molar-refractivity contribution in [1.82, 2.24) is 0 Å². The second kappa shape index (κ2) is 4.75. The van der Waals surface area contributed by atoms with E-state index in [1.807, 2.05) is 6.92 Å². The van der Waals surface area contributed by atoms with E-state index in [0.717, 1.165) is 25.7 Å². The predicted molar refractivity (Wildman–Crippen MR) is 52.4 cm³/mol. The molecular formula is C11H20O2. The SMILES string of the molecule is CCC(C(C)=O)C1CCCCC1O. The molecule has 0 aromatic heterocycles. The van der Waals surface area contributed by atoms with E-state index < -0.39 is 0 Å². The van der Waals surface area contributed by atoms with E-state index in [1.54, 1.807) is 6.92 Å². The molecule has 2 nitrogen and oxygen atoms in total. The first-order valence-corrected chi connectivity index (χ1v) is 5.35. The first-order valence-electron chi connectivity index (χ1n) is 5.35. The van der Waals surface area contributed by atoms with Crippen molar-refractivity contribution in [3.8, 4) is 0 Å². The minimum absolute atomic E-state index is 0.0929. The van der Waals surface area contributed by atoms with Gasteiger partial charge in [0.1, 0.15) is 5.78 Å². The van der Waals surface area contributed by atoms with E-state index in [-0.39, 0.29) is 23.7 Å². The molecule has 0 spiro atoms. The van der Waals surface area contributed by atoms with Crippen molar-refractivity contribution in [3.05, 3.63) is 0 Å². The van der Waals surface area contributed by atoms with E-state index in [0.29, 0.717) is 0 Å². The number of aliphatic hydroxyl groups is 1. The molecule has 0 aromatic rings. The fraction of sp³-hybridized carbons (Fsp3) is 0.909. The maximum absolute atomic E-state index is 11.3. The van der Waals surface area contributed by atoms with Crippen LogP contribution in [0.25, 0.3) is 0 Å². The Hall–Kier alpha value is -0.370. The molecule has 0 heterocycles. The van der Waals surface area contributed by atoms with E-state index >= 15 is 0 Å². The smallest absolute Gasteiger partial charge is 0.133 e. The predicted octanol–water partition coefficient (Wildman–Crippen LogP) is 2.15. The normalized spacial score (nSPS) is 31.3. The minimum Gasteiger partial charge on any atom is -0.393 e. The topological polar surface area (TPSA) is 37.3 Å². The first kappa shape index (κ1) is 10.7. The van der Waals surface area contributed by atoms with Gasteiger partial charge in [-0.25, -0.2) is 0 Å². The highest BCUT2D eigenvalue weighted by Crippen LogP contribution is 2.32. The lowest BCUT2D eigenvalue weighted by Crippen LogP contribution is -2.34. The highest BCUT2D eigenvalue weighted by atomic mass is 16.3. The molecule has 0 bridgehead atoms. The summed E-state index contributed by atoms with van der Waals surface area (Å²) in [6, 6.07) is 0. The Bertz CT molecular complexity index is 177. The van der Waals surface area contributed by atoms with Crippen LogP contribution in [0.5, 0.6) is 0 Å². The molecule has 1 N–H and O–H groups in total. The first-order chi connectivity index (χ1) is 6.16. The van der Waals surface area contributed by atoms with Gasteiger partial charge in [0, 0.05) is 5.92 Å². The van der Waals surface area contributed by atoms with Gasteiger partial charge in [-0.3, -0.25) is 4.79 Å². The maximum Gasteiger partial charge on any atom is 0.133 e. The number of Topliss-reactive ketones (excluding diaryl/α,β-unsaturated/α-hetero) is 1. The van der Waals surface area contributed by atoms with Gasteiger partial charge in [-0.1, -0.05) is 19.8 Å². The Balaban J connectivity index is 2.60. The lowest BCUT2D eigenvalue weighted by atomic mass is 9.75. The summed E-state index contributed by atoms with van der Waals surface area (Å²) in [5, 5.41) is 9.77. The van der Waals surface area contributed by atoms with Crippen LogP contribution in [0, 0.1) is 11.8 Å². The molecule has 0 radical (unpaired) electrons. The van der Waals surface area contributed by atoms with Gasteiger partial charge in [0.2, 0.25) is 0 Å². The van der Waals surface area contributed by atoms with Crippen molar-refractivity contribution in [3.63, 3.8) is 0 Å². The third-order valence-electron chi connectivity index (χ3n) is 3.26. The highest BCUT2D eigenvalue weighted by molar-refractivity contribution is 5.78. The molecule has 3 atom stereocenters. The molecule has 1 rings (SSSR count). The van der Waals surface area contributed by atoms with E-state index in [9.17, 15) is 9.90 Å². The van der Waals surface area contributed by atoms with Crippen LogP contribution >= 0.6 is 0 Å². The number of hydrogen-bond donors (Lipinski definition) is 1. The number of carbonyl (C=O) groups is 1. The van der Waals surface area contributed by atoms with Gasteiger partial charge in [-0.05, 0) is 32.1 Å². The zero-order chi connectivity index (χ0) is 9.84. The second-order valence-electron chi connectivity index (χ2n) is 4.14. The zero-order valence-corrected chi connectivity index (χ0v) is 8.62. The van der Waals surface area contributed by atoms with Crippen LogP contribution in [0.3, 0.4) is 0 Å². The Morgan fingerprint density at radius 3 is 2.54 bits per heavy atom. The molecular weight excluding hydrogens is 164 g/mol. The number of carbonyl (C=O) groups excluding carboxylic acids is 1. The molecule has 2 heteroatoms. The molecule has 1 aliphatic carbocycles. The van der Waals surface area contributed by atoms with Crippen molar-refractivity contribution >= 4 is 5.78 Å². The summed E-state index contributed by atoms with van der Waals surface area (Å²) < 4.78 is 0. The van der Waals surface area contributed by atoms with Crippen LogP contribution in [0.1, 0.15) is 46.0 Å². The van der Waals surface area contributed by atoms with Crippen LogP contribution in [-0.4, -0.2) is 17.0 Å². The van der Waals surface area contributed by atoms with Gasteiger partial charge in [-0.2, -0.15) is 0 Å². The van der Waals surface area contributed by atoms with Gasteiger partial charge in [0.25, 0.3) is 0 Å². The Morgan fingerprint density at radius 2 is 2.08 bits per heavy atom. The molecule has 1 fully saturated rings. The van der Waals surface area contributed by atoms with Crippen molar-refractivity contribution in [2.45, 2.75) is 52.1 Å². The van der Waals surface area contributed by atoms with Crippen LogP contribution in [0.2, 0.25) is 0 Å². The lowest BCUT2D eigenvalue weighted by molar-refractivity contribution is -0.125. The van der Waals surface area contributed by atoms with Gasteiger partial charge in [-0.15, -0.1) is 0 Å². The van der Waals surface area contributed by atoms with E-state index in [2.05, 4.69) is 0 Å². The van der Waals surface area contributed by atoms with Gasteiger partial charge in [0.05, 0.1) is 6.10 Å². The molecule has 0 amide bonds. The lowest BCUT2D eigenvalue weighted by Gasteiger charge is -2.32. The van der Waals surface area contributed by atoms with Crippen LogP contribution < -0.4 is 0 Å². The summed E-state index contributed by atoms with van der Waals surface area (Å²) in [4.78, 5) is 11.3. The monoisotopic (exact) mass is 184 g/mol. The number of rotatable bonds is 3. The van der Waals surface area contributed by atoms with E-state index in [1.165, 1.54) is 6.42 Å². The van der Waals surface area contributed by atoms with Crippen molar-refractivity contribution in [2.75, 3.05) is 0 Å². The summed E-state index contributed by atoms with van der Waals surface area (Å²) in [6.07, 6.45) is 4.84. The molecule has 0 saturated heterocycles. The molecule has 13 heavy (non-hydrogen) atoms. The summed E-state index contributed by atoms with van der Waals surface area (Å²) in [5.41, 5.74) is 0. The molecule has 76 valence electrons. The fourth-order valence-electron chi connectivity index (χ4n) is 2.50. The van der Waals surface area contributed by atoms with Gasteiger partial charge >= 0.3 is 0 Å². The fourth-order valence-corrected chi connectivity index (χ4v) is 2.50. The quantitative estimate of drug-likeness (QED) is 0.729. The Labute approximate surface area is 80.3 Å². The largest absolute Gasteiger partial charge is 0.393 e. The van der Waals surface area contributed by atoms with E-state index in [4.69, 9.17) is 0 Å². The average Bonchev–Trinajstić information content (AvgIpc) is 2.09. The van der Waals surface area contributed by atoms with Crippen LogP contribution in [0.15, 0.2) is 0 Å². The van der Waals surface area contributed by atoms with Crippen LogP contribution in [-0.2, 0) is 4.79 Å². The number of hydrogen-bond acceptors (Lipinski definition) is 2. The molecule has 1 aliphatic rings. The van der Waals surface area contributed by atoms with Crippen molar-refractivity contribution in [1.29, 1.82) is 0 Å². The Morgan fingerprint density at radius 1 is 1.46 bits per heavy atom. The zero-order valence-electron chi connectivity index (χ0n) is 8.62. The highest BCUT2D eigenvalue weighted by Gasteiger charge is 2.31. The third-order valence-corrected chi connectivity index (χ3v) is 3.26.